The van der Waals surface area contributed by atoms with Crippen LogP contribution in [0, 0.1) is 5.92 Å². The molecule has 0 atom stereocenters. The number of halogens is 3. The average molecular weight is 356 g/mol. The number of carbonyl (C=O) groups is 1. The van der Waals surface area contributed by atoms with Crippen molar-refractivity contribution in [3.8, 4) is 5.88 Å². The zero-order chi connectivity index (χ0) is 17.9. The molecule has 7 heteroatoms. The van der Waals surface area contributed by atoms with E-state index in [-0.39, 0.29) is 5.91 Å². The molecule has 0 N–H and O–H groups in total. The van der Waals surface area contributed by atoms with Gasteiger partial charge in [-0.2, -0.15) is 13.2 Å². The molecule has 138 valence electrons. The first-order valence-corrected chi connectivity index (χ1v) is 8.90. The van der Waals surface area contributed by atoms with Crippen molar-refractivity contribution < 1.29 is 22.7 Å². The highest BCUT2D eigenvalue weighted by molar-refractivity contribution is 5.77. The number of rotatable bonds is 5. The second-order valence-electron chi connectivity index (χ2n) is 6.94. The maximum Gasteiger partial charge on any atom is 0.421 e. The summed E-state index contributed by atoms with van der Waals surface area (Å²) in [4.78, 5) is 17.5. The maximum absolute atomic E-state index is 12.9. The van der Waals surface area contributed by atoms with Crippen LogP contribution in [0.1, 0.15) is 50.5 Å². The summed E-state index contributed by atoms with van der Waals surface area (Å²) in [6.45, 7) is 0.661. The molecule has 2 heterocycles. The fourth-order valence-corrected chi connectivity index (χ4v) is 3.54. The van der Waals surface area contributed by atoms with E-state index < -0.39 is 23.7 Å². The van der Waals surface area contributed by atoms with Gasteiger partial charge in [-0.05, 0) is 24.5 Å². The van der Waals surface area contributed by atoms with Crippen molar-refractivity contribution in [2.75, 3.05) is 13.1 Å². The van der Waals surface area contributed by atoms with Crippen LogP contribution in [0.15, 0.2) is 18.3 Å². The summed E-state index contributed by atoms with van der Waals surface area (Å²) in [6, 6.07) is 2.19. The third-order valence-corrected chi connectivity index (χ3v) is 5.05. The van der Waals surface area contributed by atoms with E-state index in [1.165, 1.54) is 44.4 Å². The quantitative estimate of drug-likeness (QED) is 0.799. The van der Waals surface area contributed by atoms with Gasteiger partial charge < -0.3 is 9.64 Å². The Morgan fingerprint density at radius 1 is 1.24 bits per heavy atom. The van der Waals surface area contributed by atoms with Gasteiger partial charge in [-0.3, -0.25) is 4.79 Å². The monoisotopic (exact) mass is 356 g/mol. The van der Waals surface area contributed by atoms with E-state index in [1.54, 1.807) is 4.90 Å². The van der Waals surface area contributed by atoms with Gasteiger partial charge in [0.2, 0.25) is 11.8 Å². The number of nitrogens with zero attached hydrogens (tertiary/aromatic N) is 2. The first kappa shape index (κ1) is 18.0. The Hall–Kier alpha value is -1.79. The fourth-order valence-electron chi connectivity index (χ4n) is 3.54. The van der Waals surface area contributed by atoms with Gasteiger partial charge in [-0.25, -0.2) is 4.98 Å². The summed E-state index contributed by atoms with van der Waals surface area (Å²) in [7, 11) is 0. The van der Waals surface area contributed by atoms with Gasteiger partial charge in [-0.1, -0.05) is 32.1 Å². The van der Waals surface area contributed by atoms with Crippen LogP contribution in [0.3, 0.4) is 0 Å². The molecule has 1 amide bonds. The minimum atomic E-state index is -4.50. The van der Waals surface area contributed by atoms with E-state index in [2.05, 4.69) is 4.98 Å². The number of likely N-dealkylation sites (tertiary alicyclic amines) is 1. The maximum atomic E-state index is 12.9. The lowest BCUT2D eigenvalue weighted by atomic mass is 9.86. The standard InChI is InChI=1S/C18H23F3N2O2/c19-18(20,21)15-7-4-10-22-17(15)25-14-11-23(12-14)16(24)9-8-13-5-2-1-3-6-13/h4,7,10,13-14H,1-3,5-6,8-9,11-12H2. The molecule has 3 rings (SSSR count). The molecule has 1 saturated heterocycles. The minimum absolute atomic E-state index is 0.0717. The Morgan fingerprint density at radius 3 is 2.64 bits per heavy atom. The van der Waals surface area contributed by atoms with Gasteiger partial charge in [0.05, 0.1) is 13.1 Å². The lowest BCUT2D eigenvalue weighted by molar-refractivity contribution is -0.145. The topological polar surface area (TPSA) is 42.4 Å². The minimum Gasteiger partial charge on any atom is -0.470 e. The molecule has 1 aliphatic heterocycles. The average Bonchev–Trinajstić information content (AvgIpc) is 2.56. The van der Waals surface area contributed by atoms with Gasteiger partial charge in [0.25, 0.3) is 0 Å². The lowest BCUT2D eigenvalue weighted by Gasteiger charge is -2.39. The zero-order valence-electron chi connectivity index (χ0n) is 14.1. The Kier molecular flexibility index (Phi) is 5.49. The van der Waals surface area contributed by atoms with Crippen LogP contribution < -0.4 is 4.74 Å². The fraction of sp³-hybridized carbons (Fsp3) is 0.667. The van der Waals surface area contributed by atoms with Crippen molar-refractivity contribution in [1.29, 1.82) is 0 Å². The molecule has 1 aliphatic carbocycles. The normalized spacial score (nSPS) is 19.6. The Morgan fingerprint density at radius 2 is 1.96 bits per heavy atom. The number of ether oxygens (including phenoxy) is 1. The summed E-state index contributed by atoms with van der Waals surface area (Å²) in [6.07, 6.45) is 4.01. The predicted octanol–water partition coefficient (Wildman–Crippen LogP) is 4.05. The van der Waals surface area contributed by atoms with Crippen LogP contribution in [0.25, 0.3) is 0 Å². The molecule has 0 bridgehead atoms. The largest absolute Gasteiger partial charge is 0.470 e. The molecule has 0 spiro atoms. The van der Waals surface area contributed by atoms with Crippen LogP contribution in [0.2, 0.25) is 0 Å². The molecule has 25 heavy (non-hydrogen) atoms. The highest BCUT2D eigenvalue weighted by Crippen LogP contribution is 2.35. The van der Waals surface area contributed by atoms with Crippen LogP contribution >= 0.6 is 0 Å². The molecule has 4 nitrogen and oxygen atoms in total. The third-order valence-electron chi connectivity index (χ3n) is 5.05. The molecular formula is C18H23F3N2O2. The SMILES string of the molecule is O=C(CCC1CCCCC1)N1CC(Oc2ncccc2C(F)(F)F)C1. The van der Waals surface area contributed by atoms with Crippen LogP contribution in [0.5, 0.6) is 5.88 Å². The number of hydrogen-bond donors (Lipinski definition) is 0. The van der Waals surface area contributed by atoms with Crippen molar-refractivity contribution in [3.63, 3.8) is 0 Å². The molecule has 0 radical (unpaired) electrons. The predicted molar refractivity (Wildman–Crippen MR) is 86.0 cm³/mol. The Labute approximate surface area is 145 Å². The van der Waals surface area contributed by atoms with E-state index in [4.69, 9.17) is 4.74 Å². The van der Waals surface area contributed by atoms with Gasteiger partial charge in [0, 0.05) is 12.6 Å². The summed E-state index contributed by atoms with van der Waals surface area (Å²) in [5, 5.41) is 0. The number of pyridine rings is 1. The van der Waals surface area contributed by atoms with Crippen molar-refractivity contribution in [3.05, 3.63) is 23.9 Å². The second-order valence-corrected chi connectivity index (χ2v) is 6.94. The molecular weight excluding hydrogens is 333 g/mol. The number of carbonyl (C=O) groups excluding carboxylic acids is 1. The molecule has 0 aromatic carbocycles. The van der Waals surface area contributed by atoms with E-state index in [0.717, 1.165) is 12.5 Å². The number of amides is 1. The highest BCUT2D eigenvalue weighted by atomic mass is 19.4. The number of alkyl halides is 3. The van der Waals surface area contributed by atoms with E-state index in [1.807, 2.05) is 0 Å². The smallest absolute Gasteiger partial charge is 0.421 e. The summed E-state index contributed by atoms with van der Waals surface area (Å²) in [5.74, 6) is 0.311. The Bertz CT molecular complexity index is 594. The molecule has 1 saturated carbocycles. The summed E-state index contributed by atoms with van der Waals surface area (Å²) >= 11 is 0. The van der Waals surface area contributed by atoms with E-state index in [9.17, 15) is 18.0 Å². The van der Waals surface area contributed by atoms with Crippen LogP contribution in [-0.2, 0) is 11.0 Å². The molecule has 2 aliphatic rings. The van der Waals surface area contributed by atoms with Crippen LogP contribution in [-0.4, -0.2) is 35.0 Å². The highest BCUT2D eigenvalue weighted by Gasteiger charge is 2.38. The summed E-state index contributed by atoms with van der Waals surface area (Å²) < 4.78 is 44.1. The third kappa shape index (κ3) is 4.64. The number of aromatic nitrogens is 1. The lowest BCUT2D eigenvalue weighted by Crippen LogP contribution is -2.56. The van der Waals surface area contributed by atoms with Gasteiger partial charge in [0.1, 0.15) is 11.7 Å². The van der Waals surface area contributed by atoms with Gasteiger partial charge in [0.15, 0.2) is 0 Å². The van der Waals surface area contributed by atoms with Crippen molar-refractivity contribution in [1.82, 2.24) is 9.88 Å². The second kappa shape index (κ2) is 7.62. The Balaban J connectivity index is 1.44. The molecule has 1 aromatic rings. The molecule has 0 unspecified atom stereocenters. The van der Waals surface area contributed by atoms with Gasteiger partial charge >= 0.3 is 6.18 Å². The van der Waals surface area contributed by atoms with Crippen molar-refractivity contribution >= 4 is 5.91 Å². The first-order valence-electron chi connectivity index (χ1n) is 8.90. The molecule has 1 aromatic heterocycles. The van der Waals surface area contributed by atoms with E-state index in [0.29, 0.717) is 25.4 Å². The number of hydrogen-bond acceptors (Lipinski definition) is 3. The first-order chi connectivity index (χ1) is 11.9. The molecule has 2 fully saturated rings. The zero-order valence-corrected chi connectivity index (χ0v) is 14.1. The van der Waals surface area contributed by atoms with Crippen molar-refractivity contribution in [2.45, 2.75) is 57.2 Å². The van der Waals surface area contributed by atoms with Crippen molar-refractivity contribution in [2.24, 2.45) is 5.92 Å². The van der Waals surface area contributed by atoms with Gasteiger partial charge in [-0.15, -0.1) is 0 Å². The van der Waals surface area contributed by atoms with E-state index >= 15 is 0 Å². The van der Waals surface area contributed by atoms with Crippen LogP contribution in [0.4, 0.5) is 13.2 Å². The summed E-state index contributed by atoms with van der Waals surface area (Å²) in [5.41, 5.74) is -0.878.